The van der Waals surface area contributed by atoms with Gasteiger partial charge in [0, 0.05) is 4.90 Å². The van der Waals surface area contributed by atoms with Gasteiger partial charge in [-0.15, -0.1) is 11.8 Å². The van der Waals surface area contributed by atoms with Crippen LogP contribution in [0.3, 0.4) is 0 Å². The van der Waals surface area contributed by atoms with E-state index < -0.39 is 0 Å². The number of hydrogen-bond acceptors (Lipinski definition) is 4. The number of thioether (sulfide) groups is 1. The van der Waals surface area contributed by atoms with Gasteiger partial charge in [-0.3, -0.25) is 4.79 Å². The number of para-hydroxylation sites is 1. The Hall–Kier alpha value is -2.18. The average molecular weight is 361 g/mol. The molecule has 0 aliphatic heterocycles. The molecule has 0 spiro atoms. The van der Waals surface area contributed by atoms with Crippen LogP contribution < -0.4 is 19.7 Å². The Morgan fingerprint density at radius 3 is 2.48 bits per heavy atom. The summed E-state index contributed by atoms with van der Waals surface area (Å²) in [5, 5.41) is 2.98. The van der Waals surface area contributed by atoms with Crippen LogP contribution in [0.2, 0.25) is 0 Å². The normalized spacial score (nSPS) is 11.6. The lowest BCUT2D eigenvalue weighted by Crippen LogP contribution is -3.10. The molecule has 0 bridgehead atoms. The van der Waals surface area contributed by atoms with E-state index in [-0.39, 0.29) is 5.91 Å². The van der Waals surface area contributed by atoms with Gasteiger partial charge in [0.05, 0.1) is 19.8 Å². The van der Waals surface area contributed by atoms with Crippen LogP contribution in [-0.4, -0.2) is 46.0 Å². The van der Waals surface area contributed by atoms with E-state index in [9.17, 15) is 4.79 Å². The molecule has 6 heteroatoms. The predicted octanol–water partition coefficient (Wildman–Crippen LogP) is 1.95. The van der Waals surface area contributed by atoms with Gasteiger partial charge in [0.2, 0.25) is 0 Å². The number of quaternary nitrogens is 1. The smallest absolute Gasteiger partial charge is 0.279 e. The first kappa shape index (κ1) is 19.1. The molecular weight excluding hydrogens is 336 g/mol. The number of carbonyl (C=O) groups is 1. The van der Waals surface area contributed by atoms with Crippen LogP contribution in [0.1, 0.15) is 0 Å². The third-order valence-corrected chi connectivity index (χ3v) is 4.50. The molecule has 134 valence electrons. The summed E-state index contributed by atoms with van der Waals surface area (Å²) in [5.41, 5.74) is 0.863. The fourth-order valence-electron chi connectivity index (χ4n) is 2.32. The van der Waals surface area contributed by atoms with E-state index in [4.69, 9.17) is 9.47 Å². The van der Waals surface area contributed by atoms with Gasteiger partial charge in [0.25, 0.3) is 5.91 Å². The fourth-order valence-corrected chi connectivity index (χ4v) is 2.87. The van der Waals surface area contributed by atoms with Gasteiger partial charge < -0.3 is 19.7 Å². The Kier molecular flexibility index (Phi) is 7.63. The maximum Gasteiger partial charge on any atom is 0.279 e. The Morgan fingerprint density at radius 1 is 1.12 bits per heavy atom. The molecule has 25 heavy (non-hydrogen) atoms. The molecule has 1 atom stereocenters. The van der Waals surface area contributed by atoms with Crippen LogP contribution in [-0.2, 0) is 4.79 Å². The quantitative estimate of drug-likeness (QED) is 0.671. The SMILES string of the molecule is COc1ccc(OCC[NH+](C)CC(=O)Nc2ccccc2SC)cc1. The van der Waals surface area contributed by atoms with E-state index in [0.717, 1.165) is 33.5 Å². The van der Waals surface area contributed by atoms with Crippen molar-refractivity contribution in [3.8, 4) is 11.5 Å². The highest BCUT2D eigenvalue weighted by molar-refractivity contribution is 7.98. The molecule has 0 saturated carbocycles. The van der Waals surface area contributed by atoms with E-state index in [0.29, 0.717) is 13.2 Å². The van der Waals surface area contributed by atoms with E-state index >= 15 is 0 Å². The van der Waals surface area contributed by atoms with Crippen molar-refractivity contribution in [2.24, 2.45) is 0 Å². The first-order chi connectivity index (χ1) is 12.1. The zero-order valence-corrected chi connectivity index (χ0v) is 15.7. The highest BCUT2D eigenvalue weighted by Gasteiger charge is 2.12. The molecule has 0 heterocycles. The number of anilines is 1. The molecule has 0 fully saturated rings. The number of amides is 1. The molecule has 1 unspecified atom stereocenters. The topological polar surface area (TPSA) is 52.0 Å². The molecule has 5 nitrogen and oxygen atoms in total. The van der Waals surface area contributed by atoms with Crippen LogP contribution in [0.4, 0.5) is 5.69 Å². The molecule has 0 saturated heterocycles. The molecular formula is C19H25N2O3S+. The number of methoxy groups -OCH3 is 1. The standard InChI is InChI=1S/C19H24N2O3S/c1-21(12-13-24-16-10-8-15(23-2)9-11-16)14-19(22)20-17-6-4-5-7-18(17)25-3/h4-11H,12-14H2,1-3H3,(H,20,22)/p+1. The molecule has 0 aliphatic carbocycles. The lowest BCUT2D eigenvalue weighted by atomic mass is 10.3. The number of benzene rings is 2. The molecule has 2 N–H and O–H groups in total. The zero-order valence-electron chi connectivity index (χ0n) is 14.9. The third-order valence-electron chi connectivity index (χ3n) is 3.70. The number of ether oxygens (including phenoxy) is 2. The van der Waals surface area contributed by atoms with Crippen LogP contribution in [0.25, 0.3) is 0 Å². The van der Waals surface area contributed by atoms with Gasteiger partial charge in [-0.1, -0.05) is 12.1 Å². The lowest BCUT2D eigenvalue weighted by Gasteiger charge is -2.15. The van der Waals surface area contributed by atoms with Crippen molar-refractivity contribution < 1.29 is 19.2 Å². The third kappa shape index (κ3) is 6.32. The Morgan fingerprint density at radius 2 is 1.80 bits per heavy atom. The maximum atomic E-state index is 12.2. The first-order valence-electron chi connectivity index (χ1n) is 8.13. The minimum absolute atomic E-state index is 0.00319. The maximum absolute atomic E-state index is 12.2. The average Bonchev–Trinajstić information content (AvgIpc) is 2.62. The van der Waals surface area contributed by atoms with Crippen molar-refractivity contribution in [3.63, 3.8) is 0 Å². The van der Waals surface area contributed by atoms with Crippen molar-refractivity contribution in [2.75, 3.05) is 45.4 Å². The van der Waals surface area contributed by atoms with Crippen molar-refractivity contribution in [2.45, 2.75) is 4.90 Å². The molecule has 0 radical (unpaired) electrons. The number of hydrogen-bond donors (Lipinski definition) is 2. The highest BCUT2D eigenvalue weighted by atomic mass is 32.2. The van der Waals surface area contributed by atoms with Crippen LogP contribution in [0.15, 0.2) is 53.4 Å². The van der Waals surface area contributed by atoms with E-state index in [1.54, 1.807) is 18.9 Å². The Bertz CT molecular complexity index is 677. The van der Waals surface area contributed by atoms with Crippen molar-refractivity contribution >= 4 is 23.4 Å². The van der Waals surface area contributed by atoms with E-state index in [1.165, 1.54) is 0 Å². The minimum Gasteiger partial charge on any atom is -0.497 e. The predicted molar refractivity (Wildman–Crippen MR) is 102 cm³/mol. The Labute approximate surface area is 153 Å². The second kappa shape index (κ2) is 9.96. The van der Waals surface area contributed by atoms with Gasteiger partial charge in [0.15, 0.2) is 6.54 Å². The summed E-state index contributed by atoms with van der Waals surface area (Å²) in [7, 11) is 3.62. The number of rotatable bonds is 9. The summed E-state index contributed by atoms with van der Waals surface area (Å²) >= 11 is 1.62. The molecule has 1 amide bonds. The highest BCUT2D eigenvalue weighted by Crippen LogP contribution is 2.24. The van der Waals surface area contributed by atoms with E-state index in [1.807, 2.05) is 61.8 Å². The number of carbonyl (C=O) groups excluding carboxylic acids is 1. The summed E-state index contributed by atoms with van der Waals surface area (Å²) in [6.07, 6.45) is 2.00. The molecule has 2 aromatic carbocycles. The van der Waals surface area contributed by atoms with Crippen LogP contribution in [0, 0.1) is 0 Å². The monoisotopic (exact) mass is 361 g/mol. The van der Waals surface area contributed by atoms with Gasteiger partial charge in [-0.2, -0.15) is 0 Å². The summed E-state index contributed by atoms with van der Waals surface area (Å²) in [4.78, 5) is 14.4. The second-order valence-corrected chi connectivity index (χ2v) is 6.50. The number of nitrogens with one attached hydrogen (secondary N) is 2. The van der Waals surface area contributed by atoms with Gasteiger partial charge >= 0.3 is 0 Å². The van der Waals surface area contributed by atoms with Gasteiger partial charge in [-0.05, 0) is 42.7 Å². The van der Waals surface area contributed by atoms with Crippen LogP contribution >= 0.6 is 11.8 Å². The second-order valence-electron chi connectivity index (χ2n) is 5.66. The van der Waals surface area contributed by atoms with Crippen molar-refractivity contribution in [1.29, 1.82) is 0 Å². The Balaban J connectivity index is 1.73. The van der Waals surface area contributed by atoms with Crippen LogP contribution in [0.5, 0.6) is 11.5 Å². The molecule has 0 aromatic heterocycles. The summed E-state index contributed by atoms with van der Waals surface area (Å²) in [6, 6.07) is 15.3. The van der Waals surface area contributed by atoms with Gasteiger partial charge in [0.1, 0.15) is 24.7 Å². The lowest BCUT2D eigenvalue weighted by molar-refractivity contribution is -0.871. The van der Waals surface area contributed by atoms with Crippen molar-refractivity contribution in [3.05, 3.63) is 48.5 Å². The van der Waals surface area contributed by atoms with Crippen molar-refractivity contribution in [1.82, 2.24) is 0 Å². The summed E-state index contributed by atoms with van der Waals surface area (Å²) in [5.74, 6) is 1.60. The molecule has 0 aliphatic rings. The largest absolute Gasteiger partial charge is 0.497 e. The van der Waals surface area contributed by atoms with E-state index in [2.05, 4.69) is 5.32 Å². The number of likely N-dealkylation sites (N-methyl/N-ethyl adjacent to an activating group) is 1. The summed E-state index contributed by atoms with van der Waals surface area (Å²) < 4.78 is 10.8. The molecule has 2 aromatic rings. The minimum atomic E-state index is 0.00319. The fraction of sp³-hybridized carbons (Fsp3) is 0.316. The molecule has 2 rings (SSSR count). The first-order valence-corrected chi connectivity index (χ1v) is 9.36. The van der Waals surface area contributed by atoms with Gasteiger partial charge in [-0.25, -0.2) is 0 Å². The zero-order chi connectivity index (χ0) is 18.1. The summed E-state index contributed by atoms with van der Waals surface area (Å²) in [6.45, 7) is 1.69.